The van der Waals surface area contributed by atoms with Gasteiger partial charge in [0.05, 0.1) is 5.56 Å². The second-order valence-corrected chi connectivity index (χ2v) is 6.79. The Morgan fingerprint density at radius 1 is 1.41 bits per heavy atom. The number of amides is 1. The predicted octanol–water partition coefficient (Wildman–Crippen LogP) is 3.86. The van der Waals surface area contributed by atoms with Gasteiger partial charge in [-0.15, -0.1) is 11.3 Å². The van der Waals surface area contributed by atoms with E-state index in [1.54, 1.807) is 29.7 Å². The molecule has 3 nitrogen and oxygen atoms in total. The molecule has 22 heavy (non-hydrogen) atoms. The van der Waals surface area contributed by atoms with Gasteiger partial charge in [-0.2, -0.15) is 0 Å². The number of primary amides is 1. The van der Waals surface area contributed by atoms with Crippen molar-refractivity contribution < 1.29 is 9.18 Å². The molecule has 0 radical (unpaired) electrons. The van der Waals surface area contributed by atoms with Crippen molar-refractivity contribution in [2.24, 2.45) is 16.6 Å². The summed E-state index contributed by atoms with van der Waals surface area (Å²) in [5, 5.41) is 0.663. The Morgan fingerprint density at radius 2 is 2.14 bits per heavy atom. The van der Waals surface area contributed by atoms with E-state index in [1.807, 2.05) is 0 Å². The van der Waals surface area contributed by atoms with Gasteiger partial charge in [-0.25, -0.2) is 9.38 Å². The van der Waals surface area contributed by atoms with Gasteiger partial charge >= 0.3 is 0 Å². The van der Waals surface area contributed by atoms with Crippen LogP contribution >= 0.6 is 11.3 Å². The molecule has 1 aromatic heterocycles. The molecule has 114 valence electrons. The molecule has 1 unspecified atom stereocenters. The summed E-state index contributed by atoms with van der Waals surface area (Å²) in [5.74, 6) is -0.137. The monoisotopic (exact) mass is 316 g/mol. The van der Waals surface area contributed by atoms with E-state index in [1.165, 1.54) is 17.0 Å². The highest BCUT2D eigenvalue weighted by Crippen LogP contribution is 2.40. The molecule has 0 saturated carbocycles. The van der Waals surface area contributed by atoms with Crippen molar-refractivity contribution >= 4 is 28.5 Å². The SMILES string of the molecule is CC1CCc2sc(N=Cc3ccc(F)cc3)c(C(N)=O)c2C1. The maximum Gasteiger partial charge on any atom is 0.252 e. The van der Waals surface area contributed by atoms with E-state index in [2.05, 4.69) is 11.9 Å². The standard InChI is InChI=1S/C17H17FN2OS/c1-10-2-7-14-13(8-10)15(16(19)21)17(22-14)20-9-11-3-5-12(18)6-4-11/h3-6,9-10H,2,7-8H2,1H3,(H2,19,21). The minimum absolute atomic E-state index is 0.282. The predicted molar refractivity (Wildman–Crippen MR) is 87.7 cm³/mol. The van der Waals surface area contributed by atoms with Gasteiger partial charge in [-0.05, 0) is 48.4 Å². The summed E-state index contributed by atoms with van der Waals surface area (Å²) in [5.41, 5.74) is 7.98. The van der Waals surface area contributed by atoms with Crippen molar-refractivity contribution in [2.45, 2.75) is 26.2 Å². The Bertz CT molecular complexity index is 734. The zero-order valence-electron chi connectivity index (χ0n) is 12.3. The lowest BCUT2D eigenvalue weighted by Crippen LogP contribution is -2.17. The number of hydrogen-bond acceptors (Lipinski definition) is 3. The van der Waals surface area contributed by atoms with E-state index < -0.39 is 5.91 Å². The summed E-state index contributed by atoms with van der Waals surface area (Å²) in [6.45, 7) is 2.19. The number of hydrogen-bond donors (Lipinski definition) is 1. The Balaban J connectivity index is 1.96. The third kappa shape index (κ3) is 2.95. The maximum atomic E-state index is 12.9. The molecule has 0 bridgehead atoms. The number of halogens is 1. The fraction of sp³-hybridized carbons (Fsp3) is 0.294. The molecule has 5 heteroatoms. The topological polar surface area (TPSA) is 55.4 Å². The molecule has 2 N–H and O–H groups in total. The van der Waals surface area contributed by atoms with Gasteiger partial charge < -0.3 is 5.73 Å². The molecule has 0 fully saturated rings. The van der Waals surface area contributed by atoms with Crippen molar-refractivity contribution in [3.8, 4) is 0 Å². The largest absolute Gasteiger partial charge is 0.365 e. The van der Waals surface area contributed by atoms with E-state index in [-0.39, 0.29) is 5.82 Å². The Labute approximate surface area is 132 Å². The van der Waals surface area contributed by atoms with Crippen LogP contribution in [0.3, 0.4) is 0 Å². The van der Waals surface area contributed by atoms with Crippen molar-refractivity contribution in [2.75, 3.05) is 0 Å². The number of aliphatic imine (C=N–C) groups is 1. The smallest absolute Gasteiger partial charge is 0.252 e. The lowest BCUT2D eigenvalue weighted by molar-refractivity contribution is 0.1000. The first-order chi connectivity index (χ1) is 10.5. The van der Waals surface area contributed by atoms with Crippen LogP contribution in [0.4, 0.5) is 9.39 Å². The second-order valence-electron chi connectivity index (χ2n) is 5.71. The highest BCUT2D eigenvalue weighted by molar-refractivity contribution is 7.16. The number of rotatable bonds is 3. The molecular formula is C17H17FN2OS. The van der Waals surface area contributed by atoms with Crippen LogP contribution in [0.1, 0.15) is 39.7 Å². The van der Waals surface area contributed by atoms with Crippen LogP contribution in [0, 0.1) is 11.7 Å². The fourth-order valence-corrected chi connectivity index (χ4v) is 3.96. The summed E-state index contributed by atoms with van der Waals surface area (Å²) in [6, 6.07) is 6.08. The van der Waals surface area contributed by atoms with Crippen LogP contribution in [0.15, 0.2) is 29.3 Å². The second kappa shape index (κ2) is 6.01. The van der Waals surface area contributed by atoms with Crippen LogP contribution in [0.5, 0.6) is 0 Å². The number of benzene rings is 1. The Morgan fingerprint density at radius 3 is 2.82 bits per heavy atom. The van der Waals surface area contributed by atoms with Crippen molar-refractivity contribution in [3.05, 3.63) is 51.7 Å². The Hall–Kier alpha value is -2.01. The third-order valence-electron chi connectivity index (χ3n) is 3.94. The average molecular weight is 316 g/mol. The molecule has 1 heterocycles. The first-order valence-corrected chi connectivity index (χ1v) is 8.10. The van der Waals surface area contributed by atoms with E-state index in [0.29, 0.717) is 16.5 Å². The summed E-state index contributed by atoms with van der Waals surface area (Å²) in [6.07, 6.45) is 4.64. The van der Waals surface area contributed by atoms with Crippen LogP contribution < -0.4 is 5.73 Å². The van der Waals surface area contributed by atoms with Crippen molar-refractivity contribution in [1.82, 2.24) is 0 Å². The number of nitrogens with two attached hydrogens (primary N) is 1. The number of carbonyl (C=O) groups is 1. The molecule has 2 aromatic rings. The molecule has 0 aliphatic heterocycles. The molecule has 1 amide bonds. The molecule has 3 rings (SSSR count). The zero-order valence-corrected chi connectivity index (χ0v) is 13.1. The highest BCUT2D eigenvalue weighted by Gasteiger charge is 2.26. The van der Waals surface area contributed by atoms with Gasteiger partial charge in [0.1, 0.15) is 10.8 Å². The minimum Gasteiger partial charge on any atom is -0.365 e. The normalized spacial score (nSPS) is 17.6. The number of fused-ring (bicyclic) bond motifs is 1. The summed E-state index contributed by atoms with van der Waals surface area (Å²) >= 11 is 1.54. The summed E-state index contributed by atoms with van der Waals surface area (Å²) < 4.78 is 12.9. The molecule has 1 aliphatic carbocycles. The zero-order chi connectivity index (χ0) is 15.7. The van der Waals surface area contributed by atoms with Gasteiger partial charge in [-0.3, -0.25) is 4.79 Å². The van der Waals surface area contributed by atoms with Gasteiger partial charge in [-0.1, -0.05) is 19.1 Å². The molecule has 1 aromatic carbocycles. The van der Waals surface area contributed by atoms with Crippen molar-refractivity contribution in [3.63, 3.8) is 0 Å². The number of aryl methyl sites for hydroxylation is 1. The van der Waals surface area contributed by atoms with E-state index in [4.69, 9.17) is 5.73 Å². The first-order valence-electron chi connectivity index (χ1n) is 7.28. The molecule has 1 aliphatic rings. The molecular weight excluding hydrogens is 299 g/mol. The van der Waals surface area contributed by atoms with Crippen LogP contribution in [0.25, 0.3) is 0 Å². The lowest BCUT2D eigenvalue weighted by atomic mass is 9.87. The van der Waals surface area contributed by atoms with Gasteiger partial charge in [0, 0.05) is 11.1 Å². The number of thiophene rings is 1. The van der Waals surface area contributed by atoms with Crippen LogP contribution in [-0.2, 0) is 12.8 Å². The number of nitrogens with zero attached hydrogens (tertiary/aromatic N) is 1. The summed E-state index contributed by atoms with van der Waals surface area (Å²) in [7, 11) is 0. The molecule has 0 saturated heterocycles. The van der Waals surface area contributed by atoms with Crippen LogP contribution in [0.2, 0.25) is 0 Å². The molecule has 0 spiro atoms. The first kappa shape index (κ1) is 14.9. The Kier molecular flexibility index (Phi) is 4.07. The summed E-state index contributed by atoms with van der Waals surface area (Å²) in [4.78, 5) is 17.5. The maximum absolute atomic E-state index is 12.9. The average Bonchev–Trinajstić information content (AvgIpc) is 2.84. The third-order valence-corrected chi connectivity index (χ3v) is 5.14. The van der Waals surface area contributed by atoms with Gasteiger partial charge in [0.25, 0.3) is 5.91 Å². The van der Waals surface area contributed by atoms with E-state index >= 15 is 0 Å². The fourth-order valence-electron chi connectivity index (χ4n) is 2.77. The van der Waals surface area contributed by atoms with Gasteiger partial charge in [0.2, 0.25) is 0 Å². The van der Waals surface area contributed by atoms with Gasteiger partial charge in [0.15, 0.2) is 0 Å². The highest BCUT2D eigenvalue weighted by atomic mass is 32.1. The van der Waals surface area contributed by atoms with Crippen molar-refractivity contribution in [1.29, 1.82) is 0 Å². The minimum atomic E-state index is -0.419. The molecule has 1 atom stereocenters. The van der Waals surface area contributed by atoms with E-state index in [9.17, 15) is 9.18 Å². The number of carbonyl (C=O) groups excluding carboxylic acids is 1. The lowest BCUT2D eigenvalue weighted by Gasteiger charge is -2.18. The van der Waals surface area contributed by atoms with Crippen LogP contribution in [-0.4, -0.2) is 12.1 Å². The van der Waals surface area contributed by atoms with E-state index in [0.717, 1.165) is 30.4 Å². The quantitative estimate of drug-likeness (QED) is 0.859.